The highest BCUT2D eigenvalue weighted by atomic mass is 79.9. The van der Waals surface area contributed by atoms with Gasteiger partial charge in [-0.05, 0) is 12.5 Å². The predicted molar refractivity (Wildman–Crippen MR) is 73.2 cm³/mol. The summed E-state index contributed by atoms with van der Waals surface area (Å²) in [5.74, 6) is 0.107. The first-order chi connectivity index (χ1) is 7.66. The van der Waals surface area contributed by atoms with Crippen molar-refractivity contribution >= 4 is 37.6 Å². The Balaban J connectivity index is 2.27. The van der Waals surface area contributed by atoms with Crippen LogP contribution in [0.15, 0.2) is 52.5 Å². The molecule has 1 unspecified atom stereocenters. The first-order valence-corrected chi connectivity index (χ1v) is 6.69. The summed E-state index contributed by atoms with van der Waals surface area (Å²) in [4.78, 5) is 12.4. The Kier molecular flexibility index (Phi) is 3.77. The number of hydrogen-bond acceptors (Lipinski definition) is 1. The molecule has 1 nitrogen and oxygen atoms in total. The molecular formula is C13H10Br2O. The molecule has 3 heteroatoms. The standard InChI is InChI=1S/C13H10Br2O/c14-11-6-10(7-12(15)8-11)13(16)9-4-2-1-3-5-9/h1-6,8,12H,7H2. The highest BCUT2D eigenvalue weighted by molar-refractivity contribution is 9.12. The van der Waals surface area contributed by atoms with E-state index in [4.69, 9.17) is 0 Å². The Morgan fingerprint density at radius 1 is 1.25 bits per heavy atom. The molecule has 0 amide bonds. The van der Waals surface area contributed by atoms with E-state index in [0.29, 0.717) is 0 Å². The normalized spacial score (nSPS) is 20.0. The molecule has 1 aromatic carbocycles. The highest BCUT2D eigenvalue weighted by Crippen LogP contribution is 2.28. The number of benzene rings is 1. The molecule has 1 aromatic rings. The van der Waals surface area contributed by atoms with Crippen LogP contribution >= 0.6 is 31.9 Å². The van der Waals surface area contributed by atoms with E-state index in [1.807, 2.05) is 42.5 Å². The Labute approximate surface area is 111 Å². The van der Waals surface area contributed by atoms with Crippen LogP contribution in [0, 0.1) is 0 Å². The number of ketones is 1. The van der Waals surface area contributed by atoms with E-state index < -0.39 is 0 Å². The molecule has 0 spiro atoms. The predicted octanol–water partition coefficient (Wildman–Crippen LogP) is 4.24. The van der Waals surface area contributed by atoms with Crippen LogP contribution in [-0.4, -0.2) is 10.6 Å². The van der Waals surface area contributed by atoms with Gasteiger partial charge in [0, 0.05) is 20.4 Å². The van der Waals surface area contributed by atoms with Crippen LogP contribution in [-0.2, 0) is 0 Å². The Bertz CT molecular complexity index is 460. The molecule has 16 heavy (non-hydrogen) atoms. The number of Topliss-reactive ketones (excluding diaryl/α,β-unsaturated/α-hetero) is 1. The van der Waals surface area contributed by atoms with E-state index in [2.05, 4.69) is 31.9 Å². The van der Waals surface area contributed by atoms with Crippen LogP contribution in [0.1, 0.15) is 16.8 Å². The second-order valence-corrected chi connectivity index (χ2v) is 5.73. The zero-order valence-electron chi connectivity index (χ0n) is 8.49. The average molecular weight is 342 g/mol. The maximum absolute atomic E-state index is 12.2. The quantitative estimate of drug-likeness (QED) is 0.580. The Hall–Kier alpha value is -0.670. The van der Waals surface area contributed by atoms with E-state index in [9.17, 15) is 4.79 Å². The number of halogens is 2. The van der Waals surface area contributed by atoms with E-state index in [-0.39, 0.29) is 10.6 Å². The molecule has 1 aliphatic rings. The number of carbonyl (C=O) groups is 1. The largest absolute Gasteiger partial charge is 0.289 e. The number of carbonyl (C=O) groups excluding carboxylic acids is 1. The van der Waals surface area contributed by atoms with Crippen LogP contribution in [0.5, 0.6) is 0 Å². The van der Waals surface area contributed by atoms with Crippen molar-refractivity contribution in [2.24, 2.45) is 0 Å². The fraction of sp³-hybridized carbons (Fsp3) is 0.154. The molecule has 0 aromatic heterocycles. The van der Waals surface area contributed by atoms with Gasteiger partial charge in [-0.15, -0.1) is 0 Å². The topological polar surface area (TPSA) is 17.1 Å². The number of rotatable bonds is 2. The molecule has 2 rings (SSSR count). The average Bonchev–Trinajstić information content (AvgIpc) is 2.28. The van der Waals surface area contributed by atoms with Crippen molar-refractivity contribution in [3.8, 4) is 0 Å². The maximum atomic E-state index is 12.2. The summed E-state index contributed by atoms with van der Waals surface area (Å²) in [6.45, 7) is 0. The summed E-state index contributed by atoms with van der Waals surface area (Å²) in [5.41, 5.74) is 1.58. The van der Waals surface area contributed by atoms with Gasteiger partial charge in [0.15, 0.2) is 5.78 Å². The Morgan fingerprint density at radius 2 is 1.94 bits per heavy atom. The van der Waals surface area contributed by atoms with Gasteiger partial charge in [-0.25, -0.2) is 0 Å². The summed E-state index contributed by atoms with van der Waals surface area (Å²) >= 11 is 6.92. The second kappa shape index (κ2) is 5.11. The first-order valence-electron chi connectivity index (χ1n) is 4.98. The summed E-state index contributed by atoms with van der Waals surface area (Å²) in [7, 11) is 0. The summed E-state index contributed by atoms with van der Waals surface area (Å²) in [6.07, 6.45) is 4.68. The number of alkyl halides is 1. The van der Waals surface area contributed by atoms with Gasteiger partial charge in [0.05, 0.1) is 0 Å². The third-order valence-corrected chi connectivity index (χ3v) is 3.48. The Morgan fingerprint density at radius 3 is 2.56 bits per heavy atom. The number of allylic oxidation sites excluding steroid dienone is 4. The lowest BCUT2D eigenvalue weighted by molar-refractivity contribution is 0.103. The van der Waals surface area contributed by atoms with Crippen molar-refractivity contribution in [1.82, 2.24) is 0 Å². The third-order valence-electron chi connectivity index (χ3n) is 2.39. The second-order valence-electron chi connectivity index (χ2n) is 3.64. The lowest BCUT2D eigenvalue weighted by atomic mass is 9.96. The third kappa shape index (κ3) is 2.71. The van der Waals surface area contributed by atoms with Gasteiger partial charge in [-0.3, -0.25) is 4.79 Å². The maximum Gasteiger partial charge on any atom is 0.189 e. The van der Waals surface area contributed by atoms with Crippen molar-refractivity contribution in [3.63, 3.8) is 0 Å². The van der Waals surface area contributed by atoms with E-state index in [1.54, 1.807) is 0 Å². The summed E-state index contributed by atoms with van der Waals surface area (Å²) in [5, 5.41) is 0. The zero-order valence-corrected chi connectivity index (χ0v) is 11.7. The molecule has 0 aliphatic heterocycles. The van der Waals surface area contributed by atoms with Crippen molar-refractivity contribution in [2.75, 3.05) is 0 Å². The van der Waals surface area contributed by atoms with Crippen molar-refractivity contribution in [3.05, 3.63) is 58.1 Å². The van der Waals surface area contributed by atoms with Gasteiger partial charge < -0.3 is 0 Å². The fourth-order valence-electron chi connectivity index (χ4n) is 1.65. The molecule has 0 saturated heterocycles. The first kappa shape index (κ1) is 11.8. The lowest BCUT2D eigenvalue weighted by Gasteiger charge is -2.14. The SMILES string of the molecule is O=C(C1=CC(Br)=CC(Br)C1)c1ccccc1. The van der Waals surface area contributed by atoms with E-state index in [0.717, 1.165) is 22.0 Å². The molecule has 1 aliphatic carbocycles. The van der Waals surface area contributed by atoms with Gasteiger partial charge >= 0.3 is 0 Å². The van der Waals surface area contributed by atoms with Crippen molar-refractivity contribution in [2.45, 2.75) is 11.2 Å². The van der Waals surface area contributed by atoms with Gasteiger partial charge in [-0.1, -0.05) is 68.3 Å². The fourth-order valence-corrected chi connectivity index (χ4v) is 3.23. The highest BCUT2D eigenvalue weighted by Gasteiger charge is 2.18. The van der Waals surface area contributed by atoms with E-state index in [1.165, 1.54) is 0 Å². The minimum absolute atomic E-state index is 0.107. The molecular weight excluding hydrogens is 332 g/mol. The van der Waals surface area contributed by atoms with Crippen LogP contribution in [0.2, 0.25) is 0 Å². The van der Waals surface area contributed by atoms with Crippen molar-refractivity contribution < 1.29 is 4.79 Å². The number of hydrogen-bond donors (Lipinski definition) is 0. The molecule has 82 valence electrons. The van der Waals surface area contributed by atoms with Gasteiger partial charge in [0.2, 0.25) is 0 Å². The summed E-state index contributed by atoms with van der Waals surface area (Å²) < 4.78 is 0.958. The van der Waals surface area contributed by atoms with Crippen LogP contribution in [0.3, 0.4) is 0 Å². The zero-order chi connectivity index (χ0) is 11.5. The van der Waals surface area contributed by atoms with Crippen LogP contribution in [0.4, 0.5) is 0 Å². The van der Waals surface area contributed by atoms with Gasteiger partial charge in [-0.2, -0.15) is 0 Å². The molecule has 0 radical (unpaired) electrons. The minimum Gasteiger partial charge on any atom is -0.289 e. The monoisotopic (exact) mass is 340 g/mol. The molecule has 0 bridgehead atoms. The smallest absolute Gasteiger partial charge is 0.189 e. The minimum atomic E-state index is 0.107. The molecule has 0 saturated carbocycles. The van der Waals surface area contributed by atoms with Gasteiger partial charge in [0.25, 0.3) is 0 Å². The van der Waals surface area contributed by atoms with Crippen molar-refractivity contribution in [1.29, 1.82) is 0 Å². The lowest BCUT2D eigenvalue weighted by Crippen LogP contribution is -2.10. The molecule has 0 heterocycles. The summed E-state index contributed by atoms with van der Waals surface area (Å²) in [6, 6.07) is 9.37. The van der Waals surface area contributed by atoms with Crippen LogP contribution < -0.4 is 0 Å². The van der Waals surface area contributed by atoms with Gasteiger partial charge in [0.1, 0.15) is 0 Å². The van der Waals surface area contributed by atoms with E-state index >= 15 is 0 Å². The molecule has 1 atom stereocenters. The van der Waals surface area contributed by atoms with Crippen LogP contribution in [0.25, 0.3) is 0 Å². The molecule has 0 fully saturated rings. The molecule has 0 N–H and O–H groups in total.